The van der Waals surface area contributed by atoms with E-state index >= 15 is 0 Å². The SMILES string of the molecule is Cc1ccc(S(=O)(=O)c2nc(S(=O)(=O)c3ccccc3)sc2N2C[C@@H](C)O[C@@H](C)C2)cc1. The number of sulfone groups is 2. The number of aromatic nitrogens is 1. The van der Waals surface area contributed by atoms with E-state index in [9.17, 15) is 16.8 Å². The summed E-state index contributed by atoms with van der Waals surface area (Å²) in [5.41, 5.74) is 0.922. The number of nitrogens with zero attached hydrogens (tertiary/aromatic N) is 2. The summed E-state index contributed by atoms with van der Waals surface area (Å²) in [6, 6.07) is 14.4. The standard InChI is InChI=1S/C22H24N2O5S3/c1-15-9-11-19(12-10-15)31(25,26)20-21(24-13-16(2)29-17(3)14-24)30-22(23-20)32(27,28)18-7-5-4-6-8-18/h4-12,16-17H,13-14H2,1-3H3/t16-,17+. The summed E-state index contributed by atoms with van der Waals surface area (Å²) in [6.07, 6.45) is -0.269. The van der Waals surface area contributed by atoms with Crippen LogP contribution in [-0.4, -0.2) is 47.1 Å². The molecule has 0 spiro atoms. The van der Waals surface area contributed by atoms with Crippen molar-refractivity contribution in [3.05, 3.63) is 60.2 Å². The van der Waals surface area contributed by atoms with Crippen molar-refractivity contribution < 1.29 is 21.6 Å². The number of morpholine rings is 1. The highest BCUT2D eigenvalue weighted by atomic mass is 32.2. The molecule has 0 amide bonds. The lowest BCUT2D eigenvalue weighted by molar-refractivity contribution is -0.00517. The molecule has 1 saturated heterocycles. The first-order chi connectivity index (χ1) is 15.1. The van der Waals surface area contributed by atoms with Gasteiger partial charge in [-0.25, -0.2) is 21.8 Å². The molecule has 1 aliphatic heterocycles. The molecule has 1 fully saturated rings. The zero-order valence-electron chi connectivity index (χ0n) is 17.9. The molecule has 0 unspecified atom stereocenters. The van der Waals surface area contributed by atoms with Gasteiger partial charge in [0.25, 0.3) is 0 Å². The number of benzene rings is 2. The molecule has 32 heavy (non-hydrogen) atoms. The summed E-state index contributed by atoms with van der Waals surface area (Å²) in [5.74, 6) is 0. The van der Waals surface area contributed by atoms with Gasteiger partial charge in [-0.15, -0.1) is 0 Å². The Balaban J connectivity index is 1.89. The normalized spacial score (nSPS) is 19.8. The first-order valence-corrected chi connectivity index (χ1v) is 13.9. The van der Waals surface area contributed by atoms with Crippen molar-refractivity contribution in [3.8, 4) is 0 Å². The predicted molar refractivity (Wildman–Crippen MR) is 123 cm³/mol. The number of anilines is 1. The Morgan fingerprint density at radius 1 is 0.875 bits per heavy atom. The fourth-order valence-corrected chi connectivity index (χ4v) is 8.11. The van der Waals surface area contributed by atoms with Gasteiger partial charge >= 0.3 is 0 Å². The summed E-state index contributed by atoms with van der Waals surface area (Å²) >= 11 is 0.889. The van der Waals surface area contributed by atoms with E-state index in [2.05, 4.69) is 4.98 Å². The monoisotopic (exact) mass is 492 g/mol. The minimum atomic E-state index is -4.04. The van der Waals surface area contributed by atoms with Crippen molar-refractivity contribution in [2.24, 2.45) is 0 Å². The zero-order chi connectivity index (χ0) is 23.1. The number of thiazole rings is 1. The van der Waals surface area contributed by atoms with Gasteiger partial charge in [0, 0.05) is 13.1 Å². The molecule has 0 saturated carbocycles. The highest BCUT2D eigenvalue weighted by Gasteiger charge is 2.35. The van der Waals surface area contributed by atoms with Gasteiger partial charge in [-0.1, -0.05) is 47.2 Å². The van der Waals surface area contributed by atoms with Crippen molar-refractivity contribution in [2.45, 2.75) is 52.1 Å². The molecule has 0 radical (unpaired) electrons. The van der Waals surface area contributed by atoms with E-state index in [0.717, 1.165) is 16.9 Å². The van der Waals surface area contributed by atoms with E-state index in [1.54, 1.807) is 30.3 Å². The smallest absolute Gasteiger partial charge is 0.233 e. The molecule has 1 aromatic heterocycles. The lowest BCUT2D eigenvalue weighted by Crippen LogP contribution is -2.45. The van der Waals surface area contributed by atoms with Gasteiger partial charge in [-0.2, -0.15) is 0 Å². The van der Waals surface area contributed by atoms with Crippen LogP contribution in [0.3, 0.4) is 0 Å². The Morgan fingerprint density at radius 2 is 1.44 bits per heavy atom. The van der Waals surface area contributed by atoms with Crippen molar-refractivity contribution in [3.63, 3.8) is 0 Å². The van der Waals surface area contributed by atoms with Crippen LogP contribution in [0, 0.1) is 6.92 Å². The van der Waals surface area contributed by atoms with Crippen LogP contribution in [0.1, 0.15) is 19.4 Å². The van der Waals surface area contributed by atoms with Crippen LogP contribution in [-0.2, 0) is 24.4 Å². The Labute approximate surface area is 192 Å². The first kappa shape index (κ1) is 22.9. The van der Waals surface area contributed by atoms with Gasteiger partial charge in [0.15, 0.2) is 5.03 Å². The third-order valence-electron chi connectivity index (χ3n) is 5.14. The average molecular weight is 493 g/mol. The van der Waals surface area contributed by atoms with Gasteiger partial charge in [0.1, 0.15) is 5.00 Å². The topological polar surface area (TPSA) is 93.6 Å². The fourth-order valence-electron chi connectivity index (χ4n) is 3.64. The first-order valence-electron chi connectivity index (χ1n) is 10.1. The summed E-state index contributed by atoms with van der Waals surface area (Å²) in [4.78, 5) is 6.23. The second kappa shape index (κ2) is 8.58. The molecule has 4 rings (SSSR count). The van der Waals surface area contributed by atoms with Crippen LogP contribution >= 0.6 is 11.3 Å². The van der Waals surface area contributed by atoms with Gasteiger partial charge in [-0.3, -0.25) is 0 Å². The van der Waals surface area contributed by atoms with Gasteiger partial charge in [0.2, 0.25) is 24.0 Å². The molecule has 0 bridgehead atoms. The Hall–Kier alpha value is -2.27. The second-order valence-corrected chi connectivity index (χ2v) is 12.9. The fraction of sp³-hybridized carbons (Fsp3) is 0.318. The van der Waals surface area contributed by atoms with E-state index in [4.69, 9.17) is 4.74 Å². The van der Waals surface area contributed by atoms with Crippen LogP contribution in [0.25, 0.3) is 0 Å². The Kier molecular flexibility index (Phi) is 6.15. The molecule has 2 aromatic carbocycles. The molecule has 10 heteroatoms. The third kappa shape index (κ3) is 4.32. The zero-order valence-corrected chi connectivity index (χ0v) is 20.4. The predicted octanol–water partition coefficient (Wildman–Crippen LogP) is 3.73. The number of hydrogen-bond acceptors (Lipinski definition) is 8. The Morgan fingerprint density at radius 3 is 2.03 bits per heavy atom. The molecule has 2 atom stereocenters. The molecular formula is C22H24N2O5S3. The molecule has 7 nitrogen and oxygen atoms in total. The van der Waals surface area contributed by atoms with E-state index in [1.807, 2.05) is 25.7 Å². The number of rotatable bonds is 5. The van der Waals surface area contributed by atoms with E-state index in [-0.39, 0.29) is 31.4 Å². The molecule has 3 aromatic rings. The maximum atomic E-state index is 13.5. The highest BCUT2D eigenvalue weighted by molar-refractivity contribution is 7.94. The lowest BCUT2D eigenvalue weighted by atomic mass is 10.2. The third-order valence-corrected chi connectivity index (χ3v) is 10.2. The summed E-state index contributed by atoms with van der Waals surface area (Å²) in [5, 5.41) is 0.0873. The van der Waals surface area contributed by atoms with Crippen LogP contribution in [0.15, 0.2) is 73.8 Å². The number of hydrogen-bond donors (Lipinski definition) is 0. The van der Waals surface area contributed by atoms with E-state index in [1.165, 1.54) is 24.3 Å². The minimum absolute atomic E-state index is 0.0725. The van der Waals surface area contributed by atoms with Gasteiger partial charge in [0.05, 0.1) is 22.0 Å². The number of ether oxygens (including phenoxy) is 1. The highest BCUT2D eigenvalue weighted by Crippen LogP contribution is 2.40. The Bertz CT molecular complexity index is 1310. The second-order valence-electron chi connectivity index (χ2n) is 7.89. The molecule has 170 valence electrons. The molecular weight excluding hydrogens is 468 g/mol. The van der Waals surface area contributed by atoms with Crippen molar-refractivity contribution >= 4 is 36.0 Å². The quantitative estimate of drug-likeness (QED) is 0.536. The van der Waals surface area contributed by atoms with E-state index < -0.39 is 19.7 Å². The van der Waals surface area contributed by atoms with Gasteiger partial charge in [-0.05, 0) is 45.0 Å². The van der Waals surface area contributed by atoms with Crippen LogP contribution in [0.5, 0.6) is 0 Å². The molecule has 0 N–H and O–H groups in total. The lowest BCUT2D eigenvalue weighted by Gasteiger charge is -2.36. The van der Waals surface area contributed by atoms with Crippen molar-refractivity contribution in [1.82, 2.24) is 4.98 Å². The van der Waals surface area contributed by atoms with Crippen molar-refractivity contribution in [2.75, 3.05) is 18.0 Å². The van der Waals surface area contributed by atoms with E-state index in [0.29, 0.717) is 18.1 Å². The molecule has 2 heterocycles. The summed E-state index contributed by atoms with van der Waals surface area (Å²) in [6.45, 7) is 6.55. The largest absolute Gasteiger partial charge is 0.372 e. The van der Waals surface area contributed by atoms with Crippen molar-refractivity contribution in [1.29, 1.82) is 0 Å². The maximum absolute atomic E-state index is 13.5. The number of aryl methyl sites for hydroxylation is 1. The molecule has 1 aliphatic rings. The van der Waals surface area contributed by atoms with Crippen LogP contribution in [0.4, 0.5) is 5.00 Å². The van der Waals surface area contributed by atoms with Gasteiger partial charge < -0.3 is 9.64 Å². The maximum Gasteiger partial charge on any atom is 0.233 e. The summed E-state index contributed by atoms with van der Waals surface area (Å²) in [7, 11) is -8.01. The van der Waals surface area contributed by atoms with Crippen LogP contribution in [0.2, 0.25) is 0 Å². The van der Waals surface area contributed by atoms with Crippen LogP contribution < -0.4 is 4.90 Å². The minimum Gasteiger partial charge on any atom is -0.372 e. The average Bonchev–Trinajstić information content (AvgIpc) is 3.21. The molecule has 0 aliphatic carbocycles. The summed E-state index contributed by atoms with van der Waals surface area (Å²) < 4.78 is 59.1.